The maximum atomic E-state index is 12.9. The third kappa shape index (κ3) is 6.62. The molecule has 0 saturated carbocycles. The number of amides is 3. The molecule has 0 atom stereocenters. The Morgan fingerprint density at radius 3 is 2.61 bits per heavy atom. The number of anilines is 1. The van der Waals surface area contributed by atoms with E-state index >= 15 is 0 Å². The second kappa shape index (κ2) is 10.6. The average molecular weight is 473 g/mol. The van der Waals surface area contributed by atoms with Gasteiger partial charge in [0.05, 0.1) is 11.4 Å². The molecule has 0 aromatic heterocycles. The minimum Gasteiger partial charge on any atom is -0.354 e. The van der Waals surface area contributed by atoms with Crippen molar-refractivity contribution in [2.75, 3.05) is 25.0 Å². The first-order valence-corrected chi connectivity index (χ1v) is 12.1. The Labute approximate surface area is 193 Å². The summed E-state index contributed by atoms with van der Waals surface area (Å²) in [7, 11) is -3.89. The standard InChI is InChI=1S/C23H28N4O5S/c1-16(2)11-21(28)26-19-7-3-5-17(12-19)14-25-23(30)18-6-4-8-20(13-18)33(31,32)27-10-9-24-22(29)15-27/h3-8,12-13,16H,9-11,14-15H2,1-2H3,(H,24,29)(H,25,30)(H,26,28). The van der Waals surface area contributed by atoms with Gasteiger partial charge in [0.25, 0.3) is 5.91 Å². The number of piperazine rings is 1. The maximum Gasteiger partial charge on any atom is 0.251 e. The summed E-state index contributed by atoms with van der Waals surface area (Å²) in [5.74, 6) is -0.617. The molecule has 0 spiro atoms. The third-order valence-electron chi connectivity index (χ3n) is 4.99. The van der Waals surface area contributed by atoms with Crippen LogP contribution in [0.15, 0.2) is 53.4 Å². The van der Waals surface area contributed by atoms with E-state index in [1.807, 2.05) is 19.9 Å². The fourth-order valence-corrected chi connectivity index (χ4v) is 4.84. The number of carbonyl (C=O) groups is 3. The number of nitrogens with zero attached hydrogens (tertiary/aromatic N) is 1. The van der Waals surface area contributed by atoms with E-state index in [0.717, 1.165) is 9.87 Å². The maximum absolute atomic E-state index is 12.9. The predicted octanol–water partition coefficient (Wildman–Crippen LogP) is 1.72. The van der Waals surface area contributed by atoms with E-state index in [1.54, 1.807) is 18.2 Å². The minimum atomic E-state index is -3.89. The van der Waals surface area contributed by atoms with Crippen LogP contribution in [-0.4, -0.2) is 50.1 Å². The van der Waals surface area contributed by atoms with E-state index in [1.165, 1.54) is 24.3 Å². The van der Waals surface area contributed by atoms with Gasteiger partial charge < -0.3 is 16.0 Å². The number of rotatable bonds is 8. The first-order valence-electron chi connectivity index (χ1n) is 10.7. The van der Waals surface area contributed by atoms with Gasteiger partial charge in [0.15, 0.2) is 0 Å². The second-order valence-electron chi connectivity index (χ2n) is 8.25. The first-order chi connectivity index (χ1) is 15.6. The van der Waals surface area contributed by atoms with E-state index < -0.39 is 15.9 Å². The molecule has 3 amide bonds. The Bertz CT molecular complexity index is 1150. The molecule has 1 saturated heterocycles. The summed E-state index contributed by atoms with van der Waals surface area (Å²) < 4.78 is 26.8. The van der Waals surface area contributed by atoms with Crippen molar-refractivity contribution in [3.8, 4) is 0 Å². The van der Waals surface area contributed by atoms with Gasteiger partial charge in [-0.2, -0.15) is 4.31 Å². The van der Waals surface area contributed by atoms with E-state index in [-0.39, 0.29) is 54.4 Å². The summed E-state index contributed by atoms with van der Waals surface area (Å²) in [5, 5.41) is 8.20. The largest absolute Gasteiger partial charge is 0.354 e. The topological polar surface area (TPSA) is 125 Å². The molecule has 3 N–H and O–H groups in total. The van der Waals surface area contributed by atoms with Gasteiger partial charge >= 0.3 is 0 Å². The van der Waals surface area contributed by atoms with E-state index in [4.69, 9.17) is 0 Å². The molecule has 1 aliphatic rings. The van der Waals surface area contributed by atoms with E-state index in [2.05, 4.69) is 16.0 Å². The van der Waals surface area contributed by atoms with Gasteiger partial charge in [-0.05, 0) is 41.8 Å². The molecule has 0 aliphatic carbocycles. The van der Waals surface area contributed by atoms with Crippen LogP contribution < -0.4 is 16.0 Å². The lowest BCUT2D eigenvalue weighted by Crippen LogP contribution is -2.49. The molecule has 3 rings (SSSR count). The predicted molar refractivity (Wildman–Crippen MR) is 124 cm³/mol. The number of sulfonamides is 1. The molecule has 1 heterocycles. The molecule has 0 unspecified atom stereocenters. The van der Waals surface area contributed by atoms with Crippen molar-refractivity contribution in [2.24, 2.45) is 5.92 Å². The highest BCUT2D eigenvalue weighted by Gasteiger charge is 2.29. The molecule has 1 fully saturated rings. The number of carbonyl (C=O) groups excluding carboxylic acids is 3. The van der Waals surface area contributed by atoms with Crippen LogP contribution in [0.4, 0.5) is 5.69 Å². The van der Waals surface area contributed by atoms with Crippen LogP contribution in [0.3, 0.4) is 0 Å². The van der Waals surface area contributed by atoms with Crippen LogP contribution in [0.5, 0.6) is 0 Å². The summed E-state index contributed by atoms with van der Waals surface area (Å²) in [6, 6.07) is 12.9. The zero-order valence-electron chi connectivity index (χ0n) is 18.6. The van der Waals surface area contributed by atoms with Crippen molar-refractivity contribution in [1.29, 1.82) is 0 Å². The van der Waals surface area contributed by atoms with Crippen LogP contribution >= 0.6 is 0 Å². The minimum absolute atomic E-state index is 0.0419. The molecule has 0 radical (unpaired) electrons. The van der Waals surface area contributed by atoms with Crippen molar-refractivity contribution in [2.45, 2.75) is 31.7 Å². The van der Waals surface area contributed by atoms with Crippen LogP contribution in [0.25, 0.3) is 0 Å². The van der Waals surface area contributed by atoms with Gasteiger partial charge in [0.1, 0.15) is 0 Å². The highest BCUT2D eigenvalue weighted by atomic mass is 32.2. The number of hydrogen-bond acceptors (Lipinski definition) is 5. The molecule has 2 aromatic carbocycles. The van der Waals surface area contributed by atoms with Gasteiger partial charge in [-0.3, -0.25) is 14.4 Å². The smallest absolute Gasteiger partial charge is 0.251 e. The Balaban J connectivity index is 1.65. The van der Waals surface area contributed by atoms with Gasteiger partial charge in [0, 0.05) is 37.3 Å². The fourth-order valence-electron chi connectivity index (χ4n) is 3.39. The lowest BCUT2D eigenvalue weighted by atomic mass is 10.1. The van der Waals surface area contributed by atoms with Gasteiger partial charge in [-0.15, -0.1) is 0 Å². The van der Waals surface area contributed by atoms with Crippen LogP contribution in [0, 0.1) is 5.92 Å². The normalized spacial score (nSPS) is 14.6. The third-order valence-corrected chi connectivity index (χ3v) is 6.84. The molecule has 176 valence electrons. The Morgan fingerprint density at radius 1 is 1.12 bits per heavy atom. The highest BCUT2D eigenvalue weighted by Crippen LogP contribution is 2.18. The summed E-state index contributed by atoms with van der Waals surface area (Å²) in [6.07, 6.45) is 0.419. The molecular formula is C23H28N4O5S. The Hall–Kier alpha value is -3.24. The van der Waals surface area contributed by atoms with Gasteiger partial charge in [-0.1, -0.05) is 32.0 Å². The summed E-state index contributed by atoms with van der Waals surface area (Å²) in [5.41, 5.74) is 1.62. The first kappa shape index (κ1) is 24.4. The Kier molecular flexibility index (Phi) is 7.83. The van der Waals surface area contributed by atoms with Crippen molar-refractivity contribution in [3.63, 3.8) is 0 Å². The number of benzene rings is 2. The molecular weight excluding hydrogens is 444 g/mol. The zero-order valence-corrected chi connectivity index (χ0v) is 19.4. The molecule has 2 aromatic rings. The number of hydrogen-bond donors (Lipinski definition) is 3. The van der Waals surface area contributed by atoms with E-state index in [9.17, 15) is 22.8 Å². The van der Waals surface area contributed by atoms with Crippen molar-refractivity contribution in [1.82, 2.24) is 14.9 Å². The van der Waals surface area contributed by atoms with E-state index in [0.29, 0.717) is 12.1 Å². The summed E-state index contributed by atoms with van der Waals surface area (Å²) in [4.78, 5) is 36.2. The quantitative estimate of drug-likeness (QED) is 0.540. The molecule has 0 bridgehead atoms. The van der Waals surface area contributed by atoms with Gasteiger partial charge in [-0.25, -0.2) is 8.42 Å². The van der Waals surface area contributed by atoms with Crippen molar-refractivity contribution in [3.05, 3.63) is 59.7 Å². The molecule has 9 nitrogen and oxygen atoms in total. The lowest BCUT2D eigenvalue weighted by molar-refractivity contribution is -0.122. The SMILES string of the molecule is CC(C)CC(=O)Nc1cccc(CNC(=O)c2cccc(S(=O)(=O)N3CCNC(=O)C3)c2)c1. The Morgan fingerprint density at radius 2 is 1.88 bits per heavy atom. The fraction of sp³-hybridized carbons (Fsp3) is 0.348. The van der Waals surface area contributed by atoms with Crippen molar-refractivity contribution >= 4 is 33.4 Å². The highest BCUT2D eigenvalue weighted by molar-refractivity contribution is 7.89. The monoisotopic (exact) mass is 472 g/mol. The van der Waals surface area contributed by atoms with Crippen LogP contribution in [-0.2, 0) is 26.2 Å². The molecule has 1 aliphatic heterocycles. The van der Waals surface area contributed by atoms with Crippen molar-refractivity contribution < 1.29 is 22.8 Å². The zero-order chi connectivity index (χ0) is 24.0. The molecule has 10 heteroatoms. The molecule has 33 heavy (non-hydrogen) atoms. The van der Waals surface area contributed by atoms with Crippen LogP contribution in [0.2, 0.25) is 0 Å². The second-order valence-corrected chi connectivity index (χ2v) is 10.2. The summed E-state index contributed by atoms with van der Waals surface area (Å²) in [6.45, 7) is 4.31. The lowest BCUT2D eigenvalue weighted by Gasteiger charge is -2.26. The van der Waals surface area contributed by atoms with Crippen LogP contribution in [0.1, 0.15) is 36.2 Å². The number of nitrogens with one attached hydrogen (secondary N) is 3. The van der Waals surface area contributed by atoms with Gasteiger partial charge in [0.2, 0.25) is 21.8 Å². The average Bonchev–Trinajstić information content (AvgIpc) is 2.77. The summed E-state index contributed by atoms with van der Waals surface area (Å²) >= 11 is 0.